The third kappa shape index (κ3) is 30.1. The van der Waals surface area contributed by atoms with Gasteiger partial charge in [0.1, 0.15) is 27.8 Å². The van der Waals surface area contributed by atoms with Crippen LogP contribution in [0, 0.1) is 10.8 Å². The molecule has 3 saturated heterocycles. The Kier molecular flexibility index (Phi) is 35.5. The molecule has 19 nitrogen and oxygen atoms in total. The predicted octanol–water partition coefficient (Wildman–Crippen LogP) is 14.1. The van der Waals surface area contributed by atoms with Crippen molar-refractivity contribution in [2.75, 3.05) is 73.1 Å². The van der Waals surface area contributed by atoms with E-state index in [0.29, 0.717) is 59.1 Å². The van der Waals surface area contributed by atoms with E-state index in [4.69, 9.17) is 35.3 Å². The van der Waals surface area contributed by atoms with Gasteiger partial charge >= 0.3 is 76.8 Å². The molecule has 4 aromatic rings. The topological polar surface area (TPSA) is 222 Å². The molecule has 4 aromatic heterocycles. The number of ether oxygens (including phenoxy) is 5. The quantitative estimate of drug-likeness (QED) is 0.0315. The number of aromatic nitrogens is 4. The summed E-state index contributed by atoms with van der Waals surface area (Å²) in [6.45, 7) is 25.0. The van der Waals surface area contributed by atoms with Crippen molar-refractivity contribution < 1.29 is 57.4 Å². The second kappa shape index (κ2) is 40.3. The number of nitrogens with zero attached hydrogens (tertiary/aromatic N) is 8. The van der Waals surface area contributed by atoms with E-state index >= 15 is 0 Å². The van der Waals surface area contributed by atoms with E-state index in [9.17, 15) is 28.8 Å². The van der Waals surface area contributed by atoms with E-state index in [-0.39, 0.29) is 76.7 Å². The summed E-state index contributed by atoms with van der Waals surface area (Å²) in [5, 5.41) is 0.407. The maximum atomic E-state index is 12.4. The van der Waals surface area contributed by atoms with E-state index in [1.165, 1.54) is 45.5 Å². The molecule has 0 amide bonds. The van der Waals surface area contributed by atoms with Gasteiger partial charge in [-0.05, 0) is 151 Å². The average Bonchev–Trinajstić information content (AvgIpc) is 1.38. The molecule has 4 fully saturated rings. The van der Waals surface area contributed by atoms with Gasteiger partial charge in [-0.3, -0.25) is 33.8 Å². The normalized spacial score (nSPS) is 17.5. The fourth-order valence-corrected chi connectivity index (χ4v) is 9.89. The Balaban J connectivity index is 0.000000252. The summed E-state index contributed by atoms with van der Waals surface area (Å²) in [4.78, 5) is 96.8. The second-order valence-electron chi connectivity index (χ2n) is 24.7. The Morgan fingerprint density at radius 1 is 0.626 bits per heavy atom. The molecule has 8 heterocycles. The van der Waals surface area contributed by atoms with Crippen LogP contribution in [0.1, 0.15) is 177 Å². The number of alkyl halides is 1. The number of rotatable bonds is 17. The number of carbonyl (C=O) groups excluding carboxylic acids is 6. The van der Waals surface area contributed by atoms with Gasteiger partial charge in [-0.2, -0.15) is 0 Å². The SMILES string of the molecule is CC(=O)c1ccc(Cl)nc1.CC(=O)c1ccc(OC2CCN(C)CC2)nc1.CC1(C)CC(c2ccc(OC3CCN(C4CCC4)CC3)nc2)=NCC1=O.CCOC(=O)C(C)(C)Br.CCOC(=O)C(C)(C)CC(=O)c1ccc(OC2CCN(C)CC2)nc1.[I][V]([I])[I]. The van der Waals surface area contributed by atoms with Crippen LogP contribution in [-0.2, 0) is 28.8 Å². The van der Waals surface area contributed by atoms with E-state index in [1.807, 2.05) is 32.2 Å². The molecule has 1 aliphatic carbocycles. The van der Waals surface area contributed by atoms with Gasteiger partial charge < -0.3 is 38.4 Å². The molecular weight excluding hydrogens is 1630 g/mol. The zero-order chi connectivity index (χ0) is 67.5. The number of pyridine rings is 4. The molecule has 0 N–H and O–H groups in total. The number of halogens is 5. The molecule has 1 saturated carbocycles. The second-order valence-corrected chi connectivity index (χ2v) is 62.4. The first-order valence-corrected chi connectivity index (χ1v) is 45.6. The number of hydrogen-bond donors (Lipinski definition) is 0. The first-order valence-electron chi connectivity index (χ1n) is 30.9. The zero-order valence-electron chi connectivity index (χ0n) is 54.8. The van der Waals surface area contributed by atoms with Crippen LogP contribution in [0.3, 0.4) is 0 Å². The Labute approximate surface area is 590 Å². The number of piperidine rings is 3. The zero-order valence-corrected chi connectivity index (χ0v) is 65.0. The third-order valence-electron chi connectivity index (χ3n) is 15.6. The van der Waals surface area contributed by atoms with Gasteiger partial charge in [-0.1, -0.05) is 47.8 Å². The fraction of sp³-hybridized carbons (Fsp3) is 0.591. The molecular formula is C66H92BrClI3N8O11V. The summed E-state index contributed by atoms with van der Waals surface area (Å²) in [5.41, 5.74) is 2.48. The standard InChI is InChI=1S/C21H29N3O2.C19H28N2O4.C13H18N2O2.C7H6ClNO.C6H11BrO2.3HI.V/c1-21(2)12-18(22-14-19(21)25)15-6-7-20(23-13-15)26-17-8-10-24(11-9-17)16-4-3-5-16;1-5-24-18(23)19(2,3)12-16(22)14-6-7-17(20-13-14)25-15-8-10-21(4)11-9-15;1-10(16)11-3-4-13(14-9-11)17-12-5-7-15(2)8-6-12;1-5(10)6-2-3-7(8)9-4-6;1-4-9-5(8)6(2,3)7;;;;/h6-7,13,16-17H,3-5,8-12,14H2,1-2H3;6-7,13,15H,5,8-12H2,1-4H3;3-4,9,12H,5-8H2,1-2H3;2-4H,1H3;4H2,1-3H3;3*1H;/q;;;;;;;;+3/p-3. The minimum absolute atomic E-state index is 0.00386. The number of hydrogen-bond acceptors (Lipinski definition) is 19. The van der Waals surface area contributed by atoms with Gasteiger partial charge in [0.2, 0.25) is 17.6 Å². The van der Waals surface area contributed by atoms with Crippen molar-refractivity contribution in [3.05, 3.63) is 101 Å². The van der Waals surface area contributed by atoms with Crippen molar-refractivity contribution in [3.63, 3.8) is 0 Å². The summed E-state index contributed by atoms with van der Waals surface area (Å²) >= 11 is 16.1. The number of carbonyl (C=O) groups is 6. The molecule has 502 valence electrons. The average molecular weight is 1720 g/mol. The Hall–Kier alpha value is -3.29. The van der Waals surface area contributed by atoms with Crippen LogP contribution >= 0.6 is 87.5 Å². The number of likely N-dealkylation sites (tertiary alicyclic amines) is 3. The fourth-order valence-electron chi connectivity index (χ4n) is 9.66. The van der Waals surface area contributed by atoms with Gasteiger partial charge in [0.05, 0.1) is 25.2 Å². The Morgan fingerprint density at radius 3 is 1.40 bits per heavy atom. The molecule has 5 aliphatic rings. The van der Waals surface area contributed by atoms with Crippen LogP contribution in [-0.4, -0.2) is 177 Å². The van der Waals surface area contributed by atoms with Gasteiger partial charge in [0, 0.05) is 135 Å². The summed E-state index contributed by atoms with van der Waals surface area (Å²) in [5.74, 6) is 1.39. The molecule has 0 bridgehead atoms. The summed E-state index contributed by atoms with van der Waals surface area (Å²) < 4.78 is 27.0. The first kappa shape index (κ1) is 80.1. The van der Waals surface area contributed by atoms with Crippen molar-refractivity contribution in [2.45, 2.75) is 169 Å². The number of ketones is 4. The van der Waals surface area contributed by atoms with Crippen LogP contribution in [0.15, 0.2) is 78.3 Å². The van der Waals surface area contributed by atoms with E-state index in [2.05, 4.69) is 130 Å². The van der Waals surface area contributed by atoms with E-state index in [1.54, 1.807) is 84.1 Å². The summed E-state index contributed by atoms with van der Waals surface area (Å²) in [7, 11) is 4.22. The number of aliphatic imine (C=N–C) groups is 1. The maximum absolute atomic E-state index is 12.4. The van der Waals surface area contributed by atoms with Crippen LogP contribution in [0.5, 0.6) is 17.6 Å². The minimum atomic E-state index is -0.851. The van der Waals surface area contributed by atoms with Crippen LogP contribution in [0.4, 0.5) is 0 Å². The summed E-state index contributed by atoms with van der Waals surface area (Å²) in [6.07, 6.45) is 18.2. The molecule has 0 atom stereocenters. The van der Waals surface area contributed by atoms with Crippen LogP contribution in [0.2, 0.25) is 5.15 Å². The Morgan fingerprint density at radius 2 is 1.04 bits per heavy atom. The first-order chi connectivity index (χ1) is 42.9. The molecule has 0 aromatic carbocycles. The van der Waals surface area contributed by atoms with Crippen LogP contribution < -0.4 is 14.2 Å². The van der Waals surface area contributed by atoms with Gasteiger partial charge in [0.15, 0.2) is 23.1 Å². The monoisotopic (exact) mass is 1720 g/mol. The van der Waals surface area contributed by atoms with Gasteiger partial charge in [-0.25, -0.2) is 19.9 Å². The summed E-state index contributed by atoms with van der Waals surface area (Å²) in [6, 6.07) is 15.0. The van der Waals surface area contributed by atoms with E-state index in [0.717, 1.165) is 95.1 Å². The molecule has 25 heteroatoms. The molecule has 9 rings (SSSR count). The third-order valence-corrected chi connectivity index (χ3v) is 16.2. The van der Waals surface area contributed by atoms with Crippen molar-refractivity contribution in [1.29, 1.82) is 0 Å². The molecule has 91 heavy (non-hydrogen) atoms. The van der Waals surface area contributed by atoms with Crippen LogP contribution in [0.25, 0.3) is 0 Å². The number of esters is 2. The molecule has 0 spiro atoms. The van der Waals surface area contributed by atoms with Crippen molar-refractivity contribution >= 4 is 128 Å². The predicted molar refractivity (Wildman–Crippen MR) is 383 cm³/mol. The Bertz CT molecular complexity index is 2930. The van der Waals surface area contributed by atoms with Gasteiger partial charge in [-0.15, -0.1) is 0 Å². The number of Topliss-reactive ketones (excluding diaryl/α,β-unsaturated/α-hetero) is 4. The van der Waals surface area contributed by atoms with Crippen molar-refractivity contribution in [3.8, 4) is 17.6 Å². The molecule has 4 aliphatic heterocycles. The van der Waals surface area contributed by atoms with E-state index < -0.39 is 9.74 Å². The van der Waals surface area contributed by atoms with Gasteiger partial charge in [0.25, 0.3) is 0 Å². The van der Waals surface area contributed by atoms with Crippen molar-refractivity contribution in [1.82, 2.24) is 34.6 Å². The molecule has 0 unspecified atom stereocenters. The molecule has 0 radical (unpaired) electrons. The van der Waals surface area contributed by atoms with Crippen molar-refractivity contribution in [2.24, 2.45) is 15.8 Å².